The summed E-state index contributed by atoms with van der Waals surface area (Å²) in [6, 6.07) is 0.179. The van der Waals surface area contributed by atoms with Gasteiger partial charge in [0.25, 0.3) is 5.56 Å². The maximum Gasteiger partial charge on any atom is 0.256 e. The van der Waals surface area contributed by atoms with E-state index in [9.17, 15) is 4.79 Å². The molecular weight excluding hydrogens is 360 g/mol. The summed E-state index contributed by atoms with van der Waals surface area (Å²) in [6.07, 6.45) is 3.25. The summed E-state index contributed by atoms with van der Waals surface area (Å²) in [5.74, 6) is 0.242. The maximum atomic E-state index is 11.8. The van der Waals surface area contributed by atoms with Gasteiger partial charge in [0.1, 0.15) is 0 Å². The predicted molar refractivity (Wildman–Crippen MR) is 59.7 cm³/mol. The standard InChI is InChI=1S/C10H16N2O.CH4.W/c1-7(2)9-5-11-6-12(8(3)4)10(9)13;;/h5-8H,1-4H3;1H4;. The molecule has 4 heteroatoms. The molecule has 0 fully saturated rings. The van der Waals surface area contributed by atoms with E-state index in [1.807, 2.05) is 27.7 Å². The zero-order valence-electron chi connectivity index (χ0n) is 9.02. The van der Waals surface area contributed by atoms with Crippen LogP contribution < -0.4 is 5.56 Å². The predicted octanol–water partition coefficient (Wildman–Crippen LogP) is 2.58. The van der Waals surface area contributed by atoms with Crippen molar-refractivity contribution in [1.82, 2.24) is 9.55 Å². The van der Waals surface area contributed by atoms with Crippen molar-refractivity contribution in [2.45, 2.75) is 47.1 Å². The van der Waals surface area contributed by atoms with Crippen molar-refractivity contribution in [3.8, 4) is 0 Å². The molecule has 1 rings (SSSR count). The Bertz CT molecular complexity index is 315. The van der Waals surface area contributed by atoms with Gasteiger partial charge in [-0.1, -0.05) is 21.3 Å². The number of nitrogens with zero attached hydrogens (tertiary/aromatic N) is 2. The molecule has 0 spiro atoms. The molecule has 0 N–H and O–H groups in total. The molecular formula is C11H20N2OW. The first-order valence-electron chi connectivity index (χ1n) is 4.60. The van der Waals surface area contributed by atoms with Gasteiger partial charge in [-0.15, -0.1) is 0 Å². The van der Waals surface area contributed by atoms with Gasteiger partial charge >= 0.3 is 0 Å². The molecule has 3 nitrogen and oxygen atoms in total. The van der Waals surface area contributed by atoms with E-state index in [4.69, 9.17) is 0 Å². The average molecular weight is 380 g/mol. The van der Waals surface area contributed by atoms with E-state index >= 15 is 0 Å². The van der Waals surface area contributed by atoms with Crippen LogP contribution in [0.5, 0.6) is 0 Å². The van der Waals surface area contributed by atoms with Crippen LogP contribution in [0.2, 0.25) is 0 Å². The zero-order valence-corrected chi connectivity index (χ0v) is 12.0. The SMILES string of the molecule is C.CC(C)c1cncn(C(C)C)c1=O.[W]. The van der Waals surface area contributed by atoms with E-state index in [1.54, 1.807) is 17.1 Å². The first-order valence-corrected chi connectivity index (χ1v) is 4.60. The Morgan fingerprint density at radius 3 is 2.20 bits per heavy atom. The molecule has 1 aromatic rings. The second-order valence-corrected chi connectivity index (χ2v) is 3.81. The normalized spacial score (nSPS) is 9.73. The summed E-state index contributed by atoms with van der Waals surface area (Å²) in [5, 5.41) is 0. The summed E-state index contributed by atoms with van der Waals surface area (Å²) in [6.45, 7) is 7.96. The van der Waals surface area contributed by atoms with E-state index in [0.717, 1.165) is 5.56 Å². The van der Waals surface area contributed by atoms with Crippen molar-refractivity contribution in [3.63, 3.8) is 0 Å². The topological polar surface area (TPSA) is 34.9 Å². The van der Waals surface area contributed by atoms with Gasteiger partial charge in [0, 0.05) is 38.9 Å². The van der Waals surface area contributed by atoms with E-state index < -0.39 is 0 Å². The molecule has 0 atom stereocenters. The smallest absolute Gasteiger partial charge is 0.256 e. The minimum atomic E-state index is 0. The summed E-state index contributed by atoms with van der Waals surface area (Å²) in [7, 11) is 0. The van der Waals surface area contributed by atoms with Crippen LogP contribution >= 0.6 is 0 Å². The van der Waals surface area contributed by atoms with Crippen LogP contribution in [-0.4, -0.2) is 9.55 Å². The fraction of sp³-hybridized carbons (Fsp3) is 0.636. The summed E-state index contributed by atoms with van der Waals surface area (Å²) in [4.78, 5) is 15.8. The molecule has 1 aromatic heterocycles. The summed E-state index contributed by atoms with van der Waals surface area (Å²) >= 11 is 0. The third kappa shape index (κ3) is 3.90. The van der Waals surface area contributed by atoms with Crippen molar-refractivity contribution in [1.29, 1.82) is 0 Å². The first kappa shape index (κ1) is 17.0. The van der Waals surface area contributed by atoms with Crippen LogP contribution in [-0.2, 0) is 21.1 Å². The minimum Gasteiger partial charge on any atom is -0.296 e. The molecule has 0 saturated heterocycles. The summed E-state index contributed by atoms with van der Waals surface area (Å²) in [5.41, 5.74) is 0.871. The molecule has 0 aliphatic heterocycles. The Balaban J connectivity index is 0. The third-order valence-corrected chi connectivity index (χ3v) is 2.06. The van der Waals surface area contributed by atoms with Crippen molar-refractivity contribution in [2.75, 3.05) is 0 Å². The van der Waals surface area contributed by atoms with E-state index in [0.29, 0.717) is 0 Å². The van der Waals surface area contributed by atoms with E-state index in [1.165, 1.54) is 0 Å². The monoisotopic (exact) mass is 380 g/mol. The largest absolute Gasteiger partial charge is 0.296 e. The Labute approximate surface area is 106 Å². The zero-order chi connectivity index (χ0) is 10.0. The molecule has 0 saturated carbocycles. The molecule has 0 aliphatic rings. The molecule has 0 radical (unpaired) electrons. The van der Waals surface area contributed by atoms with Crippen LogP contribution in [0.4, 0.5) is 0 Å². The van der Waals surface area contributed by atoms with Gasteiger partial charge in [0.2, 0.25) is 0 Å². The molecule has 1 heterocycles. The fourth-order valence-electron chi connectivity index (χ4n) is 1.21. The van der Waals surface area contributed by atoms with Crippen LogP contribution in [0.15, 0.2) is 17.3 Å². The average Bonchev–Trinajstić information content (AvgIpc) is 2.03. The Morgan fingerprint density at radius 1 is 1.27 bits per heavy atom. The fourth-order valence-corrected chi connectivity index (χ4v) is 1.21. The van der Waals surface area contributed by atoms with Gasteiger partial charge in [0.05, 0.1) is 6.33 Å². The van der Waals surface area contributed by atoms with Gasteiger partial charge in [0.15, 0.2) is 0 Å². The number of aromatic nitrogens is 2. The van der Waals surface area contributed by atoms with Gasteiger partial charge in [-0.3, -0.25) is 9.36 Å². The van der Waals surface area contributed by atoms with Crippen molar-refractivity contribution < 1.29 is 21.1 Å². The summed E-state index contributed by atoms with van der Waals surface area (Å²) < 4.78 is 1.66. The Hall–Kier alpha value is -0.432. The van der Waals surface area contributed by atoms with Crippen LogP contribution in [0.1, 0.15) is 52.6 Å². The number of hydrogen-bond acceptors (Lipinski definition) is 2. The van der Waals surface area contributed by atoms with E-state index in [-0.39, 0.29) is 46.0 Å². The number of hydrogen-bond donors (Lipinski definition) is 0. The molecule has 15 heavy (non-hydrogen) atoms. The quantitative estimate of drug-likeness (QED) is 0.791. The molecule has 0 aliphatic carbocycles. The molecule has 86 valence electrons. The second kappa shape index (κ2) is 6.94. The second-order valence-electron chi connectivity index (χ2n) is 3.81. The Kier molecular flexibility index (Phi) is 7.86. The first-order chi connectivity index (χ1) is 6.04. The molecule has 0 bridgehead atoms. The van der Waals surface area contributed by atoms with E-state index in [2.05, 4.69) is 4.98 Å². The maximum absolute atomic E-state index is 11.8. The molecule has 0 unspecified atom stereocenters. The third-order valence-electron chi connectivity index (χ3n) is 2.06. The van der Waals surface area contributed by atoms with Crippen LogP contribution in [0.3, 0.4) is 0 Å². The van der Waals surface area contributed by atoms with Gasteiger partial charge < -0.3 is 0 Å². The van der Waals surface area contributed by atoms with Crippen molar-refractivity contribution >= 4 is 0 Å². The number of rotatable bonds is 2. The van der Waals surface area contributed by atoms with Gasteiger partial charge in [-0.2, -0.15) is 0 Å². The van der Waals surface area contributed by atoms with Gasteiger partial charge in [-0.05, 0) is 19.8 Å². The Morgan fingerprint density at radius 2 is 1.80 bits per heavy atom. The van der Waals surface area contributed by atoms with Crippen LogP contribution in [0.25, 0.3) is 0 Å². The van der Waals surface area contributed by atoms with Crippen molar-refractivity contribution in [3.05, 3.63) is 28.4 Å². The molecule has 0 amide bonds. The minimum absolute atomic E-state index is 0. The van der Waals surface area contributed by atoms with Gasteiger partial charge in [-0.25, -0.2) is 4.98 Å². The molecule has 0 aromatic carbocycles. The van der Waals surface area contributed by atoms with Crippen LogP contribution in [0, 0.1) is 0 Å². The van der Waals surface area contributed by atoms with Crippen molar-refractivity contribution in [2.24, 2.45) is 0 Å².